The summed E-state index contributed by atoms with van der Waals surface area (Å²) in [5, 5.41) is 3.73. The molecule has 0 spiro atoms. The monoisotopic (exact) mass is 260 g/mol. The Hall–Kier alpha value is -0.890. The van der Waals surface area contributed by atoms with E-state index < -0.39 is 0 Å². The maximum Gasteiger partial charge on any atom is 0.0270 e. The zero-order chi connectivity index (χ0) is 13.5. The number of hydrogen-bond acceptors (Lipinski definition) is 2. The second-order valence-corrected chi connectivity index (χ2v) is 6.09. The molecule has 1 aromatic rings. The average Bonchev–Trinajstić information content (AvgIpc) is 2.44. The van der Waals surface area contributed by atoms with Crippen molar-refractivity contribution in [3.05, 3.63) is 30.1 Å². The Labute approximate surface area is 118 Å². The van der Waals surface area contributed by atoms with Gasteiger partial charge in [-0.3, -0.25) is 4.98 Å². The highest BCUT2D eigenvalue weighted by Gasteiger charge is 2.25. The van der Waals surface area contributed by atoms with E-state index in [4.69, 9.17) is 0 Å². The van der Waals surface area contributed by atoms with Crippen molar-refractivity contribution < 1.29 is 0 Å². The van der Waals surface area contributed by atoms with Crippen LogP contribution in [0.15, 0.2) is 24.5 Å². The lowest BCUT2D eigenvalue weighted by Gasteiger charge is -2.34. The van der Waals surface area contributed by atoms with E-state index in [2.05, 4.69) is 36.3 Å². The van der Waals surface area contributed by atoms with Crippen molar-refractivity contribution in [2.75, 3.05) is 6.54 Å². The summed E-state index contributed by atoms with van der Waals surface area (Å²) in [4.78, 5) is 4.09. The molecule has 1 heterocycles. The number of rotatable bonds is 6. The molecular formula is C17H28N2. The summed E-state index contributed by atoms with van der Waals surface area (Å²) < 4.78 is 0. The van der Waals surface area contributed by atoms with Crippen molar-refractivity contribution in [3.8, 4) is 0 Å². The van der Waals surface area contributed by atoms with Crippen molar-refractivity contribution in [3.63, 3.8) is 0 Å². The van der Waals surface area contributed by atoms with Crippen molar-refractivity contribution in [1.82, 2.24) is 10.3 Å². The third-order valence-electron chi connectivity index (χ3n) is 4.51. The first kappa shape index (κ1) is 14.5. The average molecular weight is 260 g/mol. The van der Waals surface area contributed by atoms with Crippen LogP contribution in [-0.2, 0) is 6.42 Å². The fourth-order valence-electron chi connectivity index (χ4n) is 3.48. The molecule has 1 aliphatic carbocycles. The fourth-order valence-corrected chi connectivity index (χ4v) is 3.48. The Morgan fingerprint density at radius 2 is 2.11 bits per heavy atom. The number of aryl methyl sites for hydroxylation is 1. The Balaban J connectivity index is 1.88. The Bertz CT molecular complexity index is 350. The normalized spacial score (nSPS) is 25.2. The van der Waals surface area contributed by atoms with Crippen LogP contribution in [0.25, 0.3) is 0 Å². The summed E-state index contributed by atoms with van der Waals surface area (Å²) in [6.07, 6.45) is 11.9. The second kappa shape index (κ2) is 7.64. The van der Waals surface area contributed by atoms with Crippen LogP contribution >= 0.6 is 0 Å². The minimum absolute atomic E-state index is 0.695. The lowest BCUT2D eigenvalue weighted by atomic mass is 9.77. The first-order chi connectivity index (χ1) is 9.29. The zero-order valence-electron chi connectivity index (χ0n) is 12.4. The van der Waals surface area contributed by atoms with Gasteiger partial charge in [-0.2, -0.15) is 0 Å². The van der Waals surface area contributed by atoms with Crippen molar-refractivity contribution in [2.24, 2.45) is 11.8 Å². The van der Waals surface area contributed by atoms with Gasteiger partial charge in [-0.05, 0) is 61.8 Å². The largest absolute Gasteiger partial charge is 0.314 e. The highest BCUT2D eigenvalue weighted by molar-refractivity contribution is 5.10. The van der Waals surface area contributed by atoms with Crippen LogP contribution in [0.2, 0.25) is 0 Å². The fraction of sp³-hybridized carbons (Fsp3) is 0.706. The summed E-state index contributed by atoms with van der Waals surface area (Å²) >= 11 is 0. The van der Waals surface area contributed by atoms with Gasteiger partial charge in [0.05, 0.1) is 0 Å². The van der Waals surface area contributed by atoms with Crippen molar-refractivity contribution >= 4 is 0 Å². The van der Waals surface area contributed by atoms with Gasteiger partial charge in [0.25, 0.3) is 0 Å². The standard InChI is InChI=1S/C17H28N2/c1-3-19-17(16-6-4-5-14(2)13-16)8-7-15-9-11-18-12-10-15/h9-12,14,16-17,19H,3-8,13H2,1-2H3. The molecule has 0 radical (unpaired) electrons. The van der Waals surface area contributed by atoms with Crippen molar-refractivity contribution in [2.45, 2.75) is 58.4 Å². The first-order valence-electron chi connectivity index (χ1n) is 7.92. The van der Waals surface area contributed by atoms with E-state index in [1.165, 1.54) is 44.1 Å². The molecule has 106 valence electrons. The van der Waals surface area contributed by atoms with Gasteiger partial charge in [0.1, 0.15) is 0 Å². The van der Waals surface area contributed by atoms with E-state index in [0.29, 0.717) is 6.04 Å². The molecule has 0 aliphatic heterocycles. The van der Waals surface area contributed by atoms with Gasteiger partial charge in [0, 0.05) is 18.4 Å². The molecule has 1 N–H and O–H groups in total. The van der Waals surface area contributed by atoms with Gasteiger partial charge in [-0.25, -0.2) is 0 Å². The molecule has 1 aliphatic rings. The van der Waals surface area contributed by atoms with E-state index in [9.17, 15) is 0 Å². The van der Waals surface area contributed by atoms with E-state index in [-0.39, 0.29) is 0 Å². The summed E-state index contributed by atoms with van der Waals surface area (Å²) in [6, 6.07) is 4.99. The van der Waals surface area contributed by atoms with Crippen LogP contribution in [0.5, 0.6) is 0 Å². The molecule has 2 nitrogen and oxygen atoms in total. The summed E-state index contributed by atoms with van der Waals surface area (Å²) in [7, 11) is 0. The van der Waals surface area contributed by atoms with Gasteiger partial charge in [-0.1, -0.05) is 26.7 Å². The number of nitrogens with one attached hydrogen (secondary N) is 1. The minimum Gasteiger partial charge on any atom is -0.314 e. The Kier molecular flexibility index (Phi) is 5.84. The summed E-state index contributed by atoms with van der Waals surface area (Å²) in [5.41, 5.74) is 1.42. The van der Waals surface area contributed by atoms with Gasteiger partial charge < -0.3 is 5.32 Å². The molecular weight excluding hydrogens is 232 g/mol. The molecule has 0 amide bonds. The predicted molar refractivity (Wildman–Crippen MR) is 81.1 cm³/mol. The summed E-state index contributed by atoms with van der Waals surface area (Å²) in [6.45, 7) is 5.73. The smallest absolute Gasteiger partial charge is 0.0270 e. The summed E-state index contributed by atoms with van der Waals surface area (Å²) in [5.74, 6) is 1.80. The number of pyridine rings is 1. The van der Waals surface area contributed by atoms with Crippen LogP contribution in [-0.4, -0.2) is 17.6 Å². The topological polar surface area (TPSA) is 24.9 Å². The Morgan fingerprint density at radius 3 is 2.79 bits per heavy atom. The molecule has 2 rings (SSSR count). The van der Waals surface area contributed by atoms with E-state index in [1.807, 2.05) is 12.4 Å². The molecule has 1 aromatic heterocycles. The lowest BCUT2D eigenvalue weighted by molar-refractivity contribution is 0.216. The quantitative estimate of drug-likeness (QED) is 0.841. The SMILES string of the molecule is CCNC(CCc1ccncc1)C1CCCC(C)C1. The maximum absolute atomic E-state index is 4.09. The molecule has 1 fully saturated rings. The van der Waals surface area contributed by atoms with Gasteiger partial charge >= 0.3 is 0 Å². The predicted octanol–water partition coefficient (Wildman–Crippen LogP) is 3.82. The van der Waals surface area contributed by atoms with Crippen LogP contribution in [0, 0.1) is 11.8 Å². The molecule has 19 heavy (non-hydrogen) atoms. The third kappa shape index (κ3) is 4.61. The molecule has 0 bridgehead atoms. The second-order valence-electron chi connectivity index (χ2n) is 6.09. The van der Waals surface area contributed by atoms with Crippen LogP contribution < -0.4 is 5.32 Å². The van der Waals surface area contributed by atoms with Crippen molar-refractivity contribution in [1.29, 1.82) is 0 Å². The number of nitrogens with zero attached hydrogens (tertiary/aromatic N) is 1. The van der Waals surface area contributed by atoms with Crippen LogP contribution in [0.1, 0.15) is 51.5 Å². The molecule has 2 heteroatoms. The zero-order valence-corrected chi connectivity index (χ0v) is 12.4. The number of hydrogen-bond donors (Lipinski definition) is 1. The highest BCUT2D eigenvalue weighted by Crippen LogP contribution is 2.32. The van der Waals surface area contributed by atoms with Gasteiger partial charge in [-0.15, -0.1) is 0 Å². The molecule has 1 saturated carbocycles. The van der Waals surface area contributed by atoms with Gasteiger partial charge in [0.15, 0.2) is 0 Å². The highest BCUT2D eigenvalue weighted by atomic mass is 14.9. The van der Waals surface area contributed by atoms with E-state index in [0.717, 1.165) is 18.4 Å². The first-order valence-corrected chi connectivity index (χ1v) is 7.92. The van der Waals surface area contributed by atoms with E-state index in [1.54, 1.807) is 0 Å². The minimum atomic E-state index is 0.695. The molecule has 3 atom stereocenters. The Morgan fingerprint density at radius 1 is 1.32 bits per heavy atom. The molecule has 3 unspecified atom stereocenters. The van der Waals surface area contributed by atoms with Crippen LogP contribution in [0.4, 0.5) is 0 Å². The van der Waals surface area contributed by atoms with Gasteiger partial charge in [0.2, 0.25) is 0 Å². The van der Waals surface area contributed by atoms with Crippen LogP contribution in [0.3, 0.4) is 0 Å². The lowest BCUT2D eigenvalue weighted by Crippen LogP contribution is -2.38. The molecule has 0 aromatic carbocycles. The maximum atomic E-state index is 4.09. The third-order valence-corrected chi connectivity index (χ3v) is 4.51. The number of aromatic nitrogens is 1. The van der Waals surface area contributed by atoms with E-state index >= 15 is 0 Å². The molecule has 0 saturated heterocycles.